The molecule has 25 heavy (non-hydrogen) atoms. The maximum absolute atomic E-state index is 12.2. The fourth-order valence-corrected chi connectivity index (χ4v) is 3.52. The molecule has 132 valence electrons. The first kappa shape index (κ1) is 18.9. The van der Waals surface area contributed by atoms with E-state index in [9.17, 15) is 13.8 Å². The molecule has 0 saturated heterocycles. The lowest BCUT2D eigenvalue weighted by atomic mass is 10.1. The molecule has 0 aliphatic carbocycles. The van der Waals surface area contributed by atoms with Crippen molar-refractivity contribution in [2.45, 2.75) is 30.2 Å². The summed E-state index contributed by atoms with van der Waals surface area (Å²) in [5, 5.41) is 2.65. The van der Waals surface area contributed by atoms with E-state index in [1.807, 2.05) is 48.5 Å². The van der Waals surface area contributed by atoms with Gasteiger partial charge in [0.2, 0.25) is 11.8 Å². The monoisotopic (exact) mass is 358 g/mol. The lowest BCUT2D eigenvalue weighted by molar-refractivity contribution is -0.127. The third kappa shape index (κ3) is 6.51. The molecule has 2 aromatic rings. The number of benzene rings is 2. The molecule has 0 bridgehead atoms. The van der Waals surface area contributed by atoms with Crippen LogP contribution in [0.4, 0.5) is 0 Å². The van der Waals surface area contributed by atoms with Crippen LogP contribution in [0.2, 0.25) is 0 Å². The van der Waals surface area contributed by atoms with E-state index in [1.165, 1.54) is 0 Å². The van der Waals surface area contributed by atoms with E-state index >= 15 is 0 Å². The number of amides is 2. The van der Waals surface area contributed by atoms with Crippen LogP contribution < -0.4 is 11.1 Å². The van der Waals surface area contributed by atoms with E-state index in [0.717, 1.165) is 5.56 Å². The van der Waals surface area contributed by atoms with Gasteiger partial charge in [-0.15, -0.1) is 0 Å². The van der Waals surface area contributed by atoms with Gasteiger partial charge in [-0.1, -0.05) is 48.5 Å². The van der Waals surface area contributed by atoms with Gasteiger partial charge in [0.25, 0.3) is 0 Å². The SMILES string of the molecule is NC(=O)[C@@H](CC[S@](=O)c1ccccc1)NC(=O)CCc1ccccc1. The van der Waals surface area contributed by atoms with Crippen molar-refractivity contribution in [2.75, 3.05) is 5.75 Å². The van der Waals surface area contributed by atoms with E-state index in [2.05, 4.69) is 5.32 Å². The Morgan fingerprint density at radius 2 is 1.60 bits per heavy atom. The third-order valence-electron chi connectivity index (χ3n) is 3.76. The number of hydrogen-bond acceptors (Lipinski definition) is 3. The average molecular weight is 358 g/mol. The van der Waals surface area contributed by atoms with Crippen molar-refractivity contribution in [3.63, 3.8) is 0 Å². The van der Waals surface area contributed by atoms with Gasteiger partial charge in [0.15, 0.2) is 0 Å². The maximum atomic E-state index is 12.2. The maximum Gasteiger partial charge on any atom is 0.240 e. The summed E-state index contributed by atoms with van der Waals surface area (Å²) in [6.07, 6.45) is 1.11. The van der Waals surface area contributed by atoms with E-state index in [-0.39, 0.29) is 24.5 Å². The molecular formula is C19H22N2O3S. The molecule has 3 N–H and O–H groups in total. The molecule has 0 saturated carbocycles. The van der Waals surface area contributed by atoms with Crippen LogP contribution in [0.3, 0.4) is 0 Å². The van der Waals surface area contributed by atoms with Gasteiger partial charge in [-0.3, -0.25) is 13.8 Å². The van der Waals surface area contributed by atoms with E-state index in [1.54, 1.807) is 12.1 Å². The summed E-state index contributed by atoms with van der Waals surface area (Å²) in [5.41, 5.74) is 6.42. The van der Waals surface area contributed by atoms with Crippen LogP contribution in [0.5, 0.6) is 0 Å². The third-order valence-corrected chi connectivity index (χ3v) is 5.16. The molecule has 2 rings (SSSR count). The van der Waals surface area contributed by atoms with Crippen molar-refractivity contribution in [1.82, 2.24) is 5.32 Å². The molecule has 0 heterocycles. The highest BCUT2D eigenvalue weighted by Crippen LogP contribution is 2.08. The van der Waals surface area contributed by atoms with Gasteiger partial charge in [-0.2, -0.15) is 0 Å². The molecule has 0 aromatic heterocycles. The minimum Gasteiger partial charge on any atom is -0.368 e. The molecule has 0 spiro atoms. The van der Waals surface area contributed by atoms with Gasteiger partial charge >= 0.3 is 0 Å². The zero-order valence-corrected chi connectivity index (χ0v) is 14.7. The Kier molecular flexibility index (Phi) is 7.35. The Balaban J connectivity index is 1.82. The Labute approximate surface area is 150 Å². The summed E-state index contributed by atoms with van der Waals surface area (Å²) in [7, 11) is -1.23. The number of nitrogens with two attached hydrogens (primary N) is 1. The number of rotatable bonds is 9. The highest BCUT2D eigenvalue weighted by Gasteiger charge is 2.19. The van der Waals surface area contributed by atoms with Gasteiger partial charge in [0.05, 0.1) is 10.8 Å². The molecule has 2 aromatic carbocycles. The quantitative estimate of drug-likeness (QED) is 0.716. The number of aryl methyl sites for hydroxylation is 1. The Bertz CT molecular complexity index is 720. The lowest BCUT2D eigenvalue weighted by Crippen LogP contribution is -2.45. The molecule has 0 radical (unpaired) electrons. The van der Waals surface area contributed by atoms with Crippen molar-refractivity contribution < 1.29 is 13.8 Å². The fraction of sp³-hybridized carbons (Fsp3) is 0.263. The number of nitrogens with one attached hydrogen (secondary N) is 1. The van der Waals surface area contributed by atoms with E-state index in [4.69, 9.17) is 5.73 Å². The summed E-state index contributed by atoms with van der Waals surface area (Å²) in [5.74, 6) is -0.590. The number of hydrogen-bond donors (Lipinski definition) is 2. The van der Waals surface area contributed by atoms with Gasteiger partial charge < -0.3 is 11.1 Å². The standard InChI is InChI=1S/C19H22N2O3S/c20-19(23)17(13-14-25(24)16-9-5-2-6-10-16)21-18(22)12-11-15-7-3-1-4-8-15/h1-10,17H,11-14H2,(H2,20,23)(H,21,22)/t17-,25+/m1/s1. The molecule has 0 aliphatic rings. The van der Waals surface area contributed by atoms with Crippen molar-refractivity contribution in [3.05, 3.63) is 66.2 Å². The molecule has 5 nitrogen and oxygen atoms in total. The summed E-state index contributed by atoms with van der Waals surface area (Å²) in [6, 6.07) is 17.8. The topological polar surface area (TPSA) is 89.3 Å². The first-order valence-corrected chi connectivity index (χ1v) is 9.44. The predicted molar refractivity (Wildman–Crippen MR) is 98.2 cm³/mol. The van der Waals surface area contributed by atoms with Gasteiger partial charge in [-0.25, -0.2) is 0 Å². The molecule has 0 unspecified atom stereocenters. The zero-order chi connectivity index (χ0) is 18.1. The normalized spacial score (nSPS) is 13.0. The van der Waals surface area contributed by atoms with Crippen LogP contribution >= 0.6 is 0 Å². The van der Waals surface area contributed by atoms with Crippen molar-refractivity contribution in [1.29, 1.82) is 0 Å². The Morgan fingerprint density at radius 3 is 2.20 bits per heavy atom. The van der Waals surface area contributed by atoms with Crippen LogP contribution in [0.1, 0.15) is 18.4 Å². The molecule has 6 heteroatoms. The average Bonchev–Trinajstić information content (AvgIpc) is 2.64. The van der Waals surface area contributed by atoms with Crippen LogP contribution in [0, 0.1) is 0 Å². The number of carbonyl (C=O) groups is 2. The smallest absolute Gasteiger partial charge is 0.240 e. The Hall–Kier alpha value is -2.47. The molecular weight excluding hydrogens is 336 g/mol. The lowest BCUT2D eigenvalue weighted by Gasteiger charge is -2.15. The predicted octanol–water partition coefficient (Wildman–Crippen LogP) is 1.79. The summed E-state index contributed by atoms with van der Waals surface area (Å²) in [6.45, 7) is 0. The molecule has 0 fully saturated rings. The first-order chi connectivity index (χ1) is 12.1. The fourth-order valence-electron chi connectivity index (χ4n) is 2.37. The minimum atomic E-state index is -1.23. The zero-order valence-electron chi connectivity index (χ0n) is 13.9. The van der Waals surface area contributed by atoms with E-state index in [0.29, 0.717) is 11.3 Å². The Morgan fingerprint density at radius 1 is 1.00 bits per heavy atom. The van der Waals surface area contributed by atoms with Crippen LogP contribution in [-0.2, 0) is 26.8 Å². The molecule has 2 atom stereocenters. The second-order valence-corrected chi connectivity index (χ2v) is 7.23. The van der Waals surface area contributed by atoms with Gasteiger partial charge in [-0.05, 0) is 30.5 Å². The van der Waals surface area contributed by atoms with Crippen LogP contribution in [-0.4, -0.2) is 27.8 Å². The van der Waals surface area contributed by atoms with Crippen LogP contribution in [0.25, 0.3) is 0 Å². The summed E-state index contributed by atoms with van der Waals surface area (Å²) in [4.78, 5) is 24.3. The van der Waals surface area contributed by atoms with E-state index < -0.39 is 22.7 Å². The number of carbonyl (C=O) groups excluding carboxylic acids is 2. The van der Waals surface area contributed by atoms with Crippen molar-refractivity contribution in [3.8, 4) is 0 Å². The molecule has 2 amide bonds. The number of primary amides is 1. The van der Waals surface area contributed by atoms with Crippen LogP contribution in [0.15, 0.2) is 65.6 Å². The van der Waals surface area contributed by atoms with Crippen molar-refractivity contribution >= 4 is 22.6 Å². The second-order valence-electron chi connectivity index (χ2n) is 5.66. The largest absolute Gasteiger partial charge is 0.368 e. The van der Waals surface area contributed by atoms with Gasteiger partial charge in [0.1, 0.15) is 6.04 Å². The van der Waals surface area contributed by atoms with Gasteiger partial charge in [0, 0.05) is 17.1 Å². The molecule has 0 aliphatic heterocycles. The van der Waals surface area contributed by atoms with Crippen molar-refractivity contribution in [2.24, 2.45) is 5.73 Å². The highest BCUT2D eigenvalue weighted by atomic mass is 32.2. The summed E-state index contributed by atoms with van der Waals surface area (Å²) >= 11 is 0. The second kappa shape index (κ2) is 9.74. The minimum absolute atomic E-state index is 0.238. The highest BCUT2D eigenvalue weighted by molar-refractivity contribution is 7.85. The summed E-state index contributed by atoms with van der Waals surface area (Å²) < 4.78 is 12.2. The first-order valence-electron chi connectivity index (χ1n) is 8.12.